The van der Waals surface area contributed by atoms with Crippen LogP contribution >= 0.6 is 0 Å². The molecule has 0 saturated heterocycles. The number of aromatic carboxylic acids is 1. The summed E-state index contributed by atoms with van der Waals surface area (Å²) in [4.78, 5) is 15.1. The number of ether oxygens (including phenoxy) is 3. The van der Waals surface area contributed by atoms with E-state index in [0.717, 1.165) is 0 Å². The van der Waals surface area contributed by atoms with E-state index < -0.39 is 5.97 Å². The maximum atomic E-state index is 11.1. The Labute approximate surface area is 120 Å². The standard InChI is InChI=1S/C13H15N3O5/c1-16-11(14-7-15-16)6-21-12-9(19-2)4-8(13(17)18)5-10(12)20-3/h4-5,7H,6H2,1-3H3,(H,17,18). The van der Waals surface area contributed by atoms with Crippen LogP contribution in [0.5, 0.6) is 17.2 Å². The summed E-state index contributed by atoms with van der Waals surface area (Å²) in [7, 11) is 4.60. The minimum absolute atomic E-state index is 0.0507. The maximum Gasteiger partial charge on any atom is 0.335 e. The number of nitrogens with zero attached hydrogens (tertiary/aromatic N) is 3. The lowest BCUT2D eigenvalue weighted by Crippen LogP contribution is -2.07. The number of benzene rings is 1. The molecule has 0 aliphatic carbocycles. The number of aromatic nitrogens is 3. The molecule has 0 fully saturated rings. The first kappa shape index (κ1) is 14.6. The highest BCUT2D eigenvalue weighted by Crippen LogP contribution is 2.38. The SMILES string of the molecule is COc1cc(C(=O)O)cc(OC)c1OCc1ncnn1C. The molecule has 1 N–H and O–H groups in total. The average Bonchev–Trinajstić information content (AvgIpc) is 2.89. The smallest absolute Gasteiger partial charge is 0.335 e. The van der Waals surface area contributed by atoms with Gasteiger partial charge in [0, 0.05) is 7.05 Å². The molecule has 1 aromatic carbocycles. The molecule has 2 rings (SSSR count). The fourth-order valence-corrected chi connectivity index (χ4v) is 1.73. The number of carboxylic acids is 1. The Hall–Kier alpha value is -2.77. The molecule has 0 aliphatic rings. The van der Waals surface area contributed by atoms with Crippen LogP contribution in [0.2, 0.25) is 0 Å². The lowest BCUT2D eigenvalue weighted by atomic mass is 10.2. The van der Waals surface area contributed by atoms with Crippen LogP contribution in [0.25, 0.3) is 0 Å². The second kappa shape index (κ2) is 6.12. The van der Waals surface area contributed by atoms with E-state index in [1.54, 1.807) is 11.7 Å². The molecule has 1 aromatic heterocycles. The van der Waals surface area contributed by atoms with Crippen LogP contribution in [0.15, 0.2) is 18.5 Å². The highest BCUT2D eigenvalue weighted by atomic mass is 16.5. The van der Waals surface area contributed by atoms with Crippen molar-refractivity contribution < 1.29 is 24.1 Å². The van der Waals surface area contributed by atoms with E-state index in [1.165, 1.54) is 32.7 Å². The van der Waals surface area contributed by atoms with E-state index in [2.05, 4.69) is 10.1 Å². The van der Waals surface area contributed by atoms with E-state index in [-0.39, 0.29) is 23.7 Å². The Bertz CT molecular complexity index is 628. The van der Waals surface area contributed by atoms with Gasteiger partial charge in [-0.2, -0.15) is 5.10 Å². The quantitative estimate of drug-likeness (QED) is 0.852. The Balaban J connectivity index is 2.33. The van der Waals surface area contributed by atoms with Gasteiger partial charge < -0.3 is 19.3 Å². The van der Waals surface area contributed by atoms with Crippen LogP contribution in [0.3, 0.4) is 0 Å². The topological polar surface area (TPSA) is 95.7 Å². The normalized spacial score (nSPS) is 10.2. The third-order valence-electron chi connectivity index (χ3n) is 2.86. The second-order valence-corrected chi connectivity index (χ2v) is 4.10. The lowest BCUT2D eigenvalue weighted by molar-refractivity contribution is 0.0696. The van der Waals surface area contributed by atoms with Crippen LogP contribution in [-0.4, -0.2) is 40.1 Å². The third kappa shape index (κ3) is 3.04. The van der Waals surface area contributed by atoms with Crippen molar-refractivity contribution in [3.63, 3.8) is 0 Å². The zero-order valence-corrected chi connectivity index (χ0v) is 11.9. The van der Waals surface area contributed by atoms with Crippen molar-refractivity contribution in [3.05, 3.63) is 29.8 Å². The van der Waals surface area contributed by atoms with Crippen molar-refractivity contribution in [3.8, 4) is 17.2 Å². The van der Waals surface area contributed by atoms with Crippen LogP contribution in [0.1, 0.15) is 16.2 Å². The molecule has 8 nitrogen and oxygen atoms in total. The van der Waals surface area contributed by atoms with E-state index >= 15 is 0 Å². The maximum absolute atomic E-state index is 11.1. The van der Waals surface area contributed by atoms with Gasteiger partial charge in [-0.15, -0.1) is 0 Å². The molecule has 0 spiro atoms. The highest BCUT2D eigenvalue weighted by Gasteiger charge is 2.18. The number of hydrogen-bond acceptors (Lipinski definition) is 6. The predicted molar refractivity (Wildman–Crippen MR) is 71.8 cm³/mol. The van der Waals surface area contributed by atoms with Crippen molar-refractivity contribution in [2.24, 2.45) is 7.05 Å². The van der Waals surface area contributed by atoms with Crippen molar-refractivity contribution in [2.45, 2.75) is 6.61 Å². The summed E-state index contributed by atoms with van der Waals surface area (Å²) in [6, 6.07) is 2.74. The molecule has 1 heterocycles. The van der Waals surface area contributed by atoms with Gasteiger partial charge in [0.05, 0.1) is 19.8 Å². The molecule has 112 valence electrons. The molecule has 0 saturated carbocycles. The van der Waals surface area contributed by atoms with E-state index in [9.17, 15) is 4.79 Å². The average molecular weight is 293 g/mol. The second-order valence-electron chi connectivity index (χ2n) is 4.10. The van der Waals surface area contributed by atoms with E-state index in [1.807, 2.05) is 0 Å². The molecule has 0 radical (unpaired) electrons. The lowest BCUT2D eigenvalue weighted by Gasteiger charge is -2.14. The first-order valence-electron chi connectivity index (χ1n) is 6.01. The fraction of sp³-hybridized carbons (Fsp3) is 0.308. The van der Waals surface area contributed by atoms with Gasteiger partial charge in [0.2, 0.25) is 5.75 Å². The number of carboxylic acid groups (broad SMARTS) is 1. The zero-order valence-electron chi connectivity index (χ0n) is 11.9. The summed E-state index contributed by atoms with van der Waals surface area (Å²) < 4.78 is 17.6. The van der Waals surface area contributed by atoms with Crippen LogP contribution < -0.4 is 14.2 Å². The highest BCUT2D eigenvalue weighted by molar-refractivity contribution is 5.89. The summed E-state index contributed by atoms with van der Waals surface area (Å²) in [5, 5.41) is 13.0. The van der Waals surface area contributed by atoms with Gasteiger partial charge in [0.25, 0.3) is 0 Å². The Morgan fingerprint density at radius 3 is 2.33 bits per heavy atom. The van der Waals surface area contributed by atoms with Crippen LogP contribution in [-0.2, 0) is 13.7 Å². The molecule has 8 heteroatoms. The van der Waals surface area contributed by atoms with Gasteiger partial charge in [-0.05, 0) is 12.1 Å². The largest absolute Gasteiger partial charge is 0.493 e. The van der Waals surface area contributed by atoms with Gasteiger partial charge in [0.15, 0.2) is 17.3 Å². The van der Waals surface area contributed by atoms with Crippen LogP contribution in [0, 0.1) is 0 Å². The number of rotatable bonds is 6. The van der Waals surface area contributed by atoms with E-state index in [0.29, 0.717) is 11.6 Å². The third-order valence-corrected chi connectivity index (χ3v) is 2.86. The summed E-state index contributed by atoms with van der Waals surface area (Å²) in [5.41, 5.74) is 0.0507. The van der Waals surface area contributed by atoms with Crippen molar-refractivity contribution in [1.29, 1.82) is 0 Å². The van der Waals surface area contributed by atoms with Gasteiger partial charge in [-0.1, -0.05) is 0 Å². The number of aryl methyl sites for hydroxylation is 1. The monoisotopic (exact) mass is 293 g/mol. The molecule has 0 atom stereocenters. The van der Waals surface area contributed by atoms with Crippen molar-refractivity contribution >= 4 is 5.97 Å². The van der Waals surface area contributed by atoms with Crippen LogP contribution in [0.4, 0.5) is 0 Å². The molecule has 2 aromatic rings. The molecular formula is C13H15N3O5. The van der Waals surface area contributed by atoms with Crippen molar-refractivity contribution in [2.75, 3.05) is 14.2 Å². The van der Waals surface area contributed by atoms with Gasteiger partial charge in [0.1, 0.15) is 12.9 Å². The summed E-state index contributed by atoms with van der Waals surface area (Å²) in [6.45, 7) is 0.148. The molecule has 0 aliphatic heterocycles. The van der Waals surface area contributed by atoms with Gasteiger partial charge >= 0.3 is 5.97 Å². The number of carbonyl (C=O) groups is 1. The minimum Gasteiger partial charge on any atom is -0.493 e. The summed E-state index contributed by atoms with van der Waals surface area (Å²) >= 11 is 0. The Morgan fingerprint density at radius 2 is 1.90 bits per heavy atom. The molecular weight excluding hydrogens is 278 g/mol. The number of methoxy groups -OCH3 is 2. The zero-order chi connectivity index (χ0) is 15.4. The molecule has 0 bridgehead atoms. The molecule has 0 unspecified atom stereocenters. The summed E-state index contributed by atoms with van der Waals surface area (Å²) in [6.07, 6.45) is 1.42. The summed E-state index contributed by atoms with van der Waals surface area (Å²) in [5.74, 6) is 0.392. The van der Waals surface area contributed by atoms with Gasteiger partial charge in [-0.25, -0.2) is 9.78 Å². The van der Waals surface area contributed by atoms with E-state index in [4.69, 9.17) is 19.3 Å². The first-order valence-corrected chi connectivity index (χ1v) is 6.01. The molecule has 21 heavy (non-hydrogen) atoms. The molecule has 0 amide bonds. The first-order chi connectivity index (χ1) is 10.1. The van der Waals surface area contributed by atoms with Gasteiger partial charge in [-0.3, -0.25) is 4.68 Å². The van der Waals surface area contributed by atoms with Crippen molar-refractivity contribution in [1.82, 2.24) is 14.8 Å². The number of hydrogen-bond donors (Lipinski definition) is 1. The fourth-order valence-electron chi connectivity index (χ4n) is 1.73. The Kier molecular flexibility index (Phi) is 4.27. The Morgan fingerprint density at radius 1 is 1.29 bits per heavy atom. The minimum atomic E-state index is -1.08. The predicted octanol–water partition coefficient (Wildman–Crippen LogP) is 1.11.